The Morgan fingerprint density at radius 3 is 2.46 bits per heavy atom. The number of ketones is 1. The van der Waals surface area contributed by atoms with Gasteiger partial charge in [-0.1, -0.05) is 6.92 Å². The second-order valence-electron chi connectivity index (χ2n) is 3.36. The molecule has 0 fully saturated rings. The minimum Gasteiger partial charge on any atom is -0.466 e. The van der Waals surface area contributed by atoms with E-state index < -0.39 is 0 Å². The molecule has 0 aromatic rings. The fourth-order valence-electron chi connectivity index (χ4n) is 1.19. The van der Waals surface area contributed by atoms with Gasteiger partial charge in [-0.15, -0.1) is 0 Å². The molecule has 0 N–H and O–H groups in total. The van der Waals surface area contributed by atoms with E-state index in [9.17, 15) is 9.59 Å². The van der Waals surface area contributed by atoms with E-state index in [-0.39, 0.29) is 17.7 Å². The molecule has 0 bridgehead atoms. The largest absolute Gasteiger partial charge is 0.466 e. The van der Waals surface area contributed by atoms with Gasteiger partial charge in [-0.3, -0.25) is 4.79 Å². The Hall–Kier alpha value is -0.860. The van der Waals surface area contributed by atoms with Gasteiger partial charge in [-0.05, 0) is 26.2 Å². The van der Waals surface area contributed by atoms with Gasteiger partial charge in [0.25, 0.3) is 0 Å². The van der Waals surface area contributed by atoms with Crippen molar-refractivity contribution in [3.8, 4) is 0 Å². The molecule has 0 amide bonds. The van der Waals surface area contributed by atoms with E-state index in [1.165, 1.54) is 0 Å². The van der Waals surface area contributed by atoms with Gasteiger partial charge in [0.2, 0.25) is 0 Å². The van der Waals surface area contributed by atoms with Gasteiger partial charge in [-0.25, -0.2) is 0 Å². The third-order valence-corrected chi connectivity index (χ3v) is 1.78. The third kappa shape index (κ3) is 7.50. The third-order valence-electron chi connectivity index (χ3n) is 1.78. The van der Waals surface area contributed by atoms with Crippen molar-refractivity contribution in [3.05, 3.63) is 0 Å². The number of carbonyl (C=O) groups is 2. The van der Waals surface area contributed by atoms with Crippen LogP contribution in [0.15, 0.2) is 0 Å². The first kappa shape index (κ1) is 12.1. The van der Waals surface area contributed by atoms with E-state index in [0.717, 1.165) is 6.42 Å². The molecule has 1 atom stereocenters. The standard InChI is InChI=1S/C10H18O3/c1-4-13-10(12)6-5-8(2)7-9(3)11/h8H,4-7H2,1-3H3. The molecule has 0 aliphatic carbocycles. The minimum atomic E-state index is -0.169. The van der Waals surface area contributed by atoms with Crippen LogP contribution in [0.3, 0.4) is 0 Å². The summed E-state index contributed by atoms with van der Waals surface area (Å²) in [5.41, 5.74) is 0. The van der Waals surface area contributed by atoms with Crippen LogP contribution in [0.5, 0.6) is 0 Å². The van der Waals surface area contributed by atoms with Gasteiger partial charge in [-0.2, -0.15) is 0 Å². The number of Topliss-reactive ketones (excluding diaryl/α,β-unsaturated/α-hetero) is 1. The van der Waals surface area contributed by atoms with Crippen LogP contribution in [-0.2, 0) is 14.3 Å². The highest BCUT2D eigenvalue weighted by molar-refractivity contribution is 5.75. The molecule has 0 saturated heterocycles. The van der Waals surface area contributed by atoms with E-state index in [1.807, 2.05) is 6.92 Å². The van der Waals surface area contributed by atoms with Crippen molar-refractivity contribution in [2.24, 2.45) is 5.92 Å². The normalized spacial score (nSPS) is 12.2. The van der Waals surface area contributed by atoms with Crippen LogP contribution in [0.4, 0.5) is 0 Å². The summed E-state index contributed by atoms with van der Waals surface area (Å²) in [6, 6.07) is 0. The number of hydrogen-bond acceptors (Lipinski definition) is 3. The number of carbonyl (C=O) groups excluding carboxylic acids is 2. The molecule has 0 aliphatic rings. The second-order valence-corrected chi connectivity index (χ2v) is 3.36. The Bertz CT molecular complexity index is 175. The van der Waals surface area contributed by atoms with Gasteiger partial charge in [0.05, 0.1) is 6.61 Å². The van der Waals surface area contributed by atoms with Crippen LogP contribution in [0, 0.1) is 5.92 Å². The van der Waals surface area contributed by atoms with E-state index in [2.05, 4.69) is 0 Å². The molecule has 1 unspecified atom stereocenters. The van der Waals surface area contributed by atoms with Crippen molar-refractivity contribution in [1.82, 2.24) is 0 Å². The smallest absolute Gasteiger partial charge is 0.305 e. The molecule has 76 valence electrons. The Balaban J connectivity index is 3.51. The summed E-state index contributed by atoms with van der Waals surface area (Å²) in [4.78, 5) is 21.6. The Kier molecular flexibility index (Phi) is 6.20. The van der Waals surface area contributed by atoms with Gasteiger partial charge < -0.3 is 9.53 Å². The van der Waals surface area contributed by atoms with Crippen molar-refractivity contribution in [3.63, 3.8) is 0 Å². The van der Waals surface area contributed by atoms with Crippen LogP contribution < -0.4 is 0 Å². The number of hydrogen-bond donors (Lipinski definition) is 0. The molecule has 0 radical (unpaired) electrons. The van der Waals surface area contributed by atoms with Crippen molar-refractivity contribution >= 4 is 11.8 Å². The van der Waals surface area contributed by atoms with Crippen LogP contribution in [0.2, 0.25) is 0 Å². The first-order valence-electron chi connectivity index (χ1n) is 4.71. The summed E-state index contributed by atoms with van der Waals surface area (Å²) >= 11 is 0. The Labute approximate surface area is 79.5 Å². The van der Waals surface area contributed by atoms with E-state index in [0.29, 0.717) is 19.4 Å². The maximum absolute atomic E-state index is 10.9. The molecule has 0 aromatic heterocycles. The van der Waals surface area contributed by atoms with E-state index in [4.69, 9.17) is 4.74 Å². The molecule has 13 heavy (non-hydrogen) atoms. The second kappa shape index (κ2) is 6.63. The lowest BCUT2D eigenvalue weighted by molar-refractivity contribution is -0.143. The van der Waals surface area contributed by atoms with Crippen LogP contribution in [0.25, 0.3) is 0 Å². The summed E-state index contributed by atoms with van der Waals surface area (Å²) in [7, 11) is 0. The van der Waals surface area contributed by atoms with Crippen LogP contribution >= 0.6 is 0 Å². The Morgan fingerprint density at radius 1 is 1.38 bits per heavy atom. The highest BCUT2D eigenvalue weighted by atomic mass is 16.5. The first-order valence-corrected chi connectivity index (χ1v) is 4.71. The summed E-state index contributed by atoms with van der Waals surface area (Å²) in [6.45, 7) is 5.76. The van der Waals surface area contributed by atoms with Crippen LogP contribution in [-0.4, -0.2) is 18.4 Å². The number of esters is 1. The first-order chi connectivity index (χ1) is 6.06. The number of ether oxygens (including phenoxy) is 1. The highest BCUT2D eigenvalue weighted by Gasteiger charge is 2.08. The lowest BCUT2D eigenvalue weighted by Gasteiger charge is -2.07. The minimum absolute atomic E-state index is 0.169. The average molecular weight is 186 g/mol. The zero-order valence-electron chi connectivity index (χ0n) is 8.63. The van der Waals surface area contributed by atoms with Gasteiger partial charge in [0, 0.05) is 12.8 Å². The summed E-state index contributed by atoms with van der Waals surface area (Å²) < 4.78 is 4.77. The maximum Gasteiger partial charge on any atom is 0.305 e. The lowest BCUT2D eigenvalue weighted by Crippen LogP contribution is -2.08. The zero-order valence-corrected chi connectivity index (χ0v) is 8.63. The average Bonchev–Trinajstić information content (AvgIpc) is 2.00. The predicted octanol–water partition coefficient (Wildman–Crippen LogP) is 1.94. The maximum atomic E-state index is 10.9. The summed E-state index contributed by atoms with van der Waals surface area (Å²) in [6.07, 6.45) is 1.71. The molecule has 3 heteroatoms. The molecule has 0 rings (SSSR count). The Morgan fingerprint density at radius 2 is 2.00 bits per heavy atom. The fraction of sp³-hybridized carbons (Fsp3) is 0.800. The molecular formula is C10H18O3. The zero-order chi connectivity index (χ0) is 10.3. The molecule has 0 heterocycles. The lowest BCUT2D eigenvalue weighted by atomic mass is 10.00. The van der Waals surface area contributed by atoms with Crippen molar-refractivity contribution in [2.45, 2.75) is 40.0 Å². The molecule has 0 aliphatic heterocycles. The topological polar surface area (TPSA) is 43.4 Å². The van der Waals surface area contributed by atoms with E-state index >= 15 is 0 Å². The quantitative estimate of drug-likeness (QED) is 0.595. The van der Waals surface area contributed by atoms with Gasteiger partial charge in [0.15, 0.2) is 0 Å². The van der Waals surface area contributed by atoms with Gasteiger partial charge in [0.1, 0.15) is 5.78 Å². The highest BCUT2D eigenvalue weighted by Crippen LogP contribution is 2.10. The SMILES string of the molecule is CCOC(=O)CCC(C)CC(C)=O. The summed E-state index contributed by atoms with van der Waals surface area (Å²) in [5.74, 6) is 0.288. The molecule has 3 nitrogen and oxygen atoms in total. The molecular weight excluding hydrogens is 168 g/mol. The van der Waals surface area contributed by atoms with Crippen molar-refractivity contribution in [1.29, 1.82) is 0 Å². The van der Waals surface area contributed by atoms with Crippen molar-refractivity contribution < 1.29 is 14.3 Å². The predicted molar refractivity (Wildman–Crippen MR) is 50.3 cm³/mol. The fourth-order valence-corrected chi connectivity index (χ4v) is 1.19. The summed E-state index contributed by atoms with van der Waals surface area (Å²) in [5, 5.41) is 0. The molecule has 0 aromatic carbocycles. The molecule has 0 saturated carbocycles. The van der Waals surface area contributed by atoms with Crippen LogP contribution in [0.1, 0.15) is 40.0 Å². The number of rotatable bonds is 6. The molecule has 0 spiro atoms. The monoisotopic (exact) mass is 186 g/mol. The van der Waals surface area contributed by atoms with E-state index in [1.54, 1.807) is 13.8 Å². The van der Waals surface area contributed by atoms with Gasteiger partial charge >= 0.3 is 5.97 Å². The van der Waals surface area contributed by atoms with Crippen molar-refractivity contribution in [2.75, 3.05) is 6.61 Å².